The molecule has 1 aliphatic carbocycles. The van der Waals surface area contributed by atoms with E-state index < -0.39 is 6.03 Å². The maximum Gasteiger partial charge on any atom is 0.312 e. The highest BCUT2D eigenvalue weighted by Gasteiger charge is 2.21. The molecule has 1 fully saturated rings. The predicted octanol–water partition coefficient (Wildman–Crippen LogP) is -0.183. The second-order valence-electron chi connectivity index (χ2n) is 1.78. The van der Waals surface area contributed by atoms with Gasteiger partial charge < -0.3 is 11.1 Å². The van der Waals surface area contributed by atoms with Crippen molar-refractivity contribution in [2.24, 2.45) is 5.73 Å². The zero-order chi connectivity index (χ0) is 5.28. The minimum atomic E-state index is -0.400. The molecule has 0 aromatic carbocycles. The van der Waals surface area contributed by atoms with Crippen LogP contribution in [0, 0.1) is 0 Å². The van der Waals surface area contributed by atoms with Gasteiger partial charge in [-0.1, -0.05) is 0 Å². The number of carbonyl (C=O) groups excluding carboxylic acids is 1. The van der Waals surface area contributed by atoms with Crippen LogP contribution < -0.4 is 11.1 Å². The number of urea groups is 1. The molecule has 0 atom stereocenters. The van der Waals surface area contributed by atoms with Crippen LogP contribution in [0.3, 0.4) is 0 Å². The Balaban J connectivity index is 2.08. The van der Waals surface area contributed by atoms with Gasteiger partial charge in [-0.2, -0.15) is 0 Å². The second kappa shape index (κ2) is 1.40. The SMILES string of the molecule is NC(=O)NC1CC1. The molecule has 0 radical (unpaired) electrons. The van der Waals surface area contributed by atoms with Gasteiger partial charge in [-0.3, -0.25) is 0 Å². The number of hydrogen-bond donors (Lipinski definition) is 2. The molecule has 0 spiro atoms. The summed E-state index contributed by atoms with van der Waals surface area (Å²) < 4.78 is 0. The van der Waals surface area contributed by atoms with Crippen molar-refractivity contribution < 1.29 is 4.79 Å². The summed E-state index contributed by atoms with van der Waals surface area (Å²) in [7, 11) is 0. The third-order valence-corrected chi connectivity index (χ3v) is 0.924. The van der Waals surface area contributed by atoms with Crippen LogP contribution in [0.25, 0.3) is 0 Å². The Labute approximate surface area is 41.9 Å². The van der Waals surface area contributed by atoms with E-state index in [1.54, 1.807) is 0 Å². The summed E-state index contributed by atoms with van der Waals surface area (Å²) in [5, 5.41) is 2.56. The maximum atomic E-state index is 9.96. The lowest BCUT2D eigenvalue weighted by Gasteiger charge is -1.91. The van der Waals surface area contributed by atoms with Crippen molar-refractivity contribution >= 4 is 6.03 Å². The Bertz CT molecular complexity index is 87.7. The molecule has 3 heteroatoms. The van der Waals surface area contributed by atoms with Gasteiger partial charge in [0.25, 0.3) is 0 Å². The fraction of sp³-hybridized carbons (Fsp3) is 0.750. The van der Waals surface area contributed by atoms with Crippen molar-refractivity contribution in [2.45, 2.75) is 18.9 Å². The normalized spacial score (nSPS) is 18.9. The van der Waals surface area contributed by atoms with Crippen molar-refractivity contribution in [3.63, 3.8) is 0 Å². The van der Waals surface area contributed by atoms with Gasteiger partial charge in [0.1, 0.15) is 0 Å². The van der Waals surface area contributed by atoms with Gasteiger partial charge >= 0.3 is 6.03 Å². The molecule has 0 aliphatic heterocycles. The van der Waals surface area contributed by atoms with Crippen LogP contribution in [0.2, 0.25) is 0 Å². The predicted molar refractivity (Wildman–Crippen MR) is 25.7 cm³/mol. The fourth-order valence-corrected chi connectivity index (χ4v) is 0.429. The van der Waals surface area contributed by atoms with Gasteiger partial charge in [-0.15, -0.1) is 0 Å². The van der Waals surface area contributed by atoms with Crippen LogP contribution in [-0.4, -0.2) is 12.1 Å². The summed E-state index contributed by atoms with van der Waals surface area (Å²) in [4.78, 5) is 9.96. The number of rotatable bonds is 1. The molecule has 0 aromatic rings. The number of hydrogen-bond acceptors (Lipinski definition) is 1. The Morgan fingerprint density at radius 3 is 2.43 bits per heavy atom. The first-order chi connectivity index (χ1) is 3.29. The molecule has 1 aliphatic rings. The van der Waals surface area contributed by atoms with Crippen LogP contribution in [0.5, 0.6) is 0 Å². The van der Waals surface area contributed by atoms with Gasteiger partial charge in [0.2, 0.25) is 0 Å². The molecule has 2 amide bonds. The lowest BCUT2D eigenvalue weighted by molar-refractivity contribution is 0.248. The lowest BCUT2D eigenvalue weighted by Crippen LogP contribution is -2.30. The number of nitrogens with one attached hydrogen (secondary N) is 1. The summed E-state index contributed by atoms with van der Waals surface area (Å²) >= 11 is 0. The zero-order valence-electron chi connectivity index (χ0n) is 3.98. The fourth-order valence-electron chi connectivity index (χ4n) is 0.429. The van der Waals surface area contributed by atoms with Crippen molar-refractivity contribution in [1.82, 2.24) is 5.32 Å². The first kappa shape index (κ1) is 4.43. The molecule has 0 aromatic heterocycles. The quantitative estimate of drug-likeness (QED) is 0.471. The first-order valence-electron chi connectivity index (χ1n) is 2.35. The van der Waals surface area contributed by atoms with E-state index in [2.05, 4.69) is 5.32 Å². The molecular weight excluding hydrogens is 92.1 g/mol. The van der Waals surface area contributed by atoms with E-state index in [9.17, 15) is 4.79 Å². The smallest absolute Gasteiger partial charge is 0.312 e. The third-order valence-electron chi connectivity index (χ3n) is 0.924. The minimum absolute atomic E-state index is 0.400. The summed E-state index contributed by atoms with van der Waals surface area (Å²) in [5.74, 6) is 0. The highest BCUT2D eigenvalue weighted by atomic mass is 16.2. The van der Waals surface area contributed by atoms with Gasteiger partial charge in [0.05, 0.1) is 0 Å². The van der Waals surface area contributed by atoms with Crippen LogP contribution in [0.1, 0.15) is 12.8 Å². The van der Waals surface area contributed by atoms with Crippen LogP contribution in [0.4, 0.5) is 4.79 Å². The first-order valence-corrected chi connectivity index (χ1v) is 2.35. The molecular formula is C4H8N2O. The molecule has 3 nitrogen and oxygen atoms in total. The van der Waals surface area contributed by atoms with Gasteiger partial charge in [0, 0.05) is 6.04 Å². The summed E-state index contributed by atoms with van der Waals surface area (Å²) in [6.07, 6.45) is 2.20. The Kier molecular flexibility index (Phi) is 0.889. The zero-order valence-corrected chi connectivity index (χ0v) is 3.98. The minimum Gasteiger partial charge on any atom is -0.352 e. The average molecular weight is 100 g/mol. The van der Waals surface area contributed by atoms with Crippen LogP contribution >= 0.6 is 0 Å². The van der Waals surface area contributed by atoms with E-state index in [1.165, 1.54) is 0 Å². The Morgan fingerprint density at radius 2 is 2.29 bits per heavy atom. The highest BCUT2D eigenvalue weighted by Crippen LogP contribution is 2.17. The number of nitrogens with two attached hydrogens (primary N) is 1. The molecule has 40 valence electrons. The van der Waals surface area contributed by atoms with E-state index in [4.69, 9.17) is 5.73 Å². The van der Waals surface area contributed by atoms with E-state index in [1.807, 2.05) is 0 Å². The second-order valence-corrected chi connectivity index (χ2v) is 1.78. The molecule has 0 heterocycles. The Hall–Kier alpha value is -0.730. The average Bonchev–Trinajstić information content (AvgIpc) is 2.17. The third kappa shape index (κ3) is 1.43. The van der Waals surface area contributed by atoms with Crippen molar-refractivity contribution in [3.05, 3.63) is 0 Å². The summed E-state index contributed by atoms with van der Waals surface area (Å²) in [6.45, 7) is 0. The topological polar surface area (TPSA) is 55.1 Å². The van der Waals surface area contributed by atoms with E-state index in [0.717, 1.165) is 12.8 Å². The van der Waals surface area contributed by atoms with Crippen molar-refractivity contribution in [1.29, 1.82) is 0 Å². The molecule has 7 heavy (non-hydrogen) atoms. The monoisotopic (exact) mass is 100 g/mol. The van der Waals surface area contributed by atoms with Crippen molar-refractivity contribution in [2.75, 3.05) is 0 Å². The maximum absolute atomic E-state index is 9.96. The molecule has 0 unspecified atom stereocenters. The van der Waals surface area contributed by atoms with E-state index in [0.29, 0.717) is 6.04 Å². The molecule has 0 bridgehead atoms. The van der Waals surface area contributed by atoms with Gasteiger partial charge in [-0.25, -0.2) is 4.79 Å². The molecule has 1 saturated carbocycles. The number of primary amides is 1. The highest BCUT2D eigenvalue weighted by molar-refractivity contribution is 5.72. The summed E-state index contributed by atoms with van der Waals surface area (Å²) in [5.41, 5.74) is 4.78. The largest absolute Gasteiger partial charge is 0.352 e. The molecule has 1 rings (SSSR count). The summed E-state index contributed by atoms with van der Waals surface area (Å²) in [6, 6.07) is -0.000000000000000444. The van der Waals surface area contributed by atoms with Crippen LogP contribution in [0.15, 0.2) is 0 Å². The van der Waals surface area contributed by atoms with E-state index >= 15 is 0 Å². The van der Waals surface area contributed by atoms with Gasteiger partial charge in [-0.05, 0) is 12.8 Å². The van der Waals surface area contributed by atoms with Gasteiger partial charge in [0.15, 0.2) is 0 Å². The molecule has 3 N–H and O–H groups in total. The number of amides is 2. The van der Waals surface area contributed by atoms with E-state index in [-0.39, 0.29) is 0 Å². The Morgan fingerprint density at radius 1 is 1.71 bits per heavy atom. The molecule has 0 saturated heterocycles. The lowest BCUT2D eigenvalue weighted by atomic mass is 10.7. The van der Waals surface area contributed by atoms with Crippen LogP contribution in [-0.2, 0) is 0 Å². The number of carbonyl (C=O) groups is 1. The standard InChI is InChI=1S/C4H8N2O/c5-4(7)6-3-1-2-3/h3H,1-2H2,(H3,5,6,7). The van der Waals surface area contributed by atoms with Crippen molar-refractivity contribution in [3.8, 4) is 0 Å².